The molecule has 0 aromatic heterocycles. The molecule has 100 valence electrons. The smallest absolute Gasteiger partial charge is 0.248 e. The summed E-state index contributed by atoms with van der Waals surface area (Å²) >= 11 is 5.94. The van der Waals surface area contributed by atoms with Crippen molar-refractivity contribution in [2.75, 3.05) is 0 Å². The first kappa shape index (κ1) is 13.7. The Kier molecular flexibility index (Phi) is 4.20. The molecule has 1 aliphatic rings. The maximum atomic E-state index is 13.1. The fourth-order valence-electron chi connectivity index (χ4n) is 2.60. The van der Waals surface area contributed by atoms with Crippen LogP contribution in [0.15, 0.2) is 24.3 Å². The number of hydrazine groups is 1. The summed E-state index contributed by atoms with van der Waals surface area (Å²) in [7, 11) is 0. The molecule has 2 nitrogen and oxygen atoms in total. The zero-order chi connectivity index (χ0) is 13.2. The number of halogens is 3. The van der Waals surface area contributed by atoms with Crippen molar-refractivity contribution in [3.63, 3.8) is 0 Å². The van der Waals surface area contributed by atoms with Crippen LogP contribution in [0.25, 0.3) is 0 Å². The van der Waals surface area contributed by atoms with Crippen LogP contribution >= 0.6 is 11.6 Å². The van der Waals surface area contributed by atoms with Gasteiger partial charge >= 0.3 is 0 Å². The molecule has 0 aliphatic heterocycles. The van der Waals surface area contributed by atoms with Crippen LogP contribution in [0.5, 0.6) is 0 Å². The van der Waals surface area contributed by atoms with E-state index in [4.69, 9.17) is 17.4 Å². The molecule has 1 aromatic carbocycles. The summed E-state index contributed by atoms with van der Waals surface area (Å²) in [5.41, 5.74) is 3.70. The van der Waals surface area contributed by atoms with E-state index in [1.54, 1.807) is 6.07 Å². The summed E-state index contributed by atoms with van der Waals surface area (Å²) in [6.07, 6.45) is 0.843. The van der Waals surface area contributed by atoms with Gasteiger partial charge in [0.05, 0.1) is 0 Å². The Morgan fingerprint density at radius 3 is 2.56 bits per heavy atom. The topological polar surface area (TPSA) is 38.0 Å². The number of hydrogen-bond donors (Lipinski definition) is 2. The van der Waals surface area contributed by atoms with Crippen molar-refractivity contribution in [3.05, 3.63) is 34.9 Å². The molecule has 1 fully saturated rings. The van der Waals surface area contributed by atoms with Crippen LogP contribution in [0.4, 0.5) is 8.78 Å². The Morgan fingerprint density at radius 2 is 2.00 bits per heavy atom. The van der Waals surface area contributed by atoms with E-state index in [2.05, 4.69) is 5.43 Å². The number of hydrogen-bond acceptors (Lipinski definition) is 2. The van der Waals surface area contributed by atoms with Gasteiger partial charge in [-0.05, 0) is 36.5 Å². The molecule has 18 heavy (non-hydrogen) atoms. The minimum Gasteiger partial charge on any atom is -0.271 e. The van der Waals surface area contributed by atoms with Crippen LogP contribution in [0.2, 0.25) is 5.02 Å². The number of rotatable bonds is 3. The number of nitrogens with one attached hydrogen (secondary N) is 1. The predicted molar refractivity (Wildman–Crippen MR) is 68.4 cm³/mol. The van der Waals surface area contributed by atoms with Crippen molar-refractivity contribution >= 4 is 11.6 Å². The van der Waals surface area contributed by atoms with E-state index in [1.165, 1.54) is 0 Å². The van der Waals surface area contributed by atoms with E-state index >= 15 is 0 Å². The van der Waals surface area contributed by atoms with Crippen molar-refractivity contribution in [2.45, 2.75) is 37.6 Å². The highest BCUT2D eigenvalue weighted by atomic mass is 35.5. The summed E-state index contributed by atoms with van der Waals surface area (Å²) in [5.74, 6) is 3.20. The molecule has 1 saturated carbocycles. The molecule has 0 amide bonds. The molecule has 0 saturated heterocycles. The standard InChI is InChI=1S/C13H17ClF2N2/c14-11-3-1-2-10(8-11)12(18-17)9-4-6-13(15,16)7-5-9/h1-3,8-9,12,18H,4-7,17H2. The lowest BCUT2D eigenvalue weighted by Crippen LogP contribution is -2.37. The molecule has 0 heterocycles. The predicted octanol–water partition coefficient (Wildman–Crippen LogP) is 3.67. The van der Waals surface area contributed by atoms with Gasteiger partial charge in [0.15, 0.2) is 0 Å². The van der Waals surface area contributed by atoms with E-state index in [9.17, 15) is 8.78 Å². The monoisotopic (exact) mass is 274 g/mol. The lowest BCUT2D eigenvalue weighted by molar-refractivity contribution is -0.0497. The molecule has 3 N–H and O–H groups in total. The second-order valence-electron chi connectivity index (χ2n) is 4.89. The first-order valence-corrected chi connectivity index (χ1v) is 6.49. The zero-order valence-corrected chi connectivity index (χ0v) is 10.8. The van der Waals surface area contributed by atoms with Gasteiger partial charge in [-0.3, -0.25) is 11.3 Å². The first-order chi connectivity index (χ1) is 8.52. The van der Waals surface area contributed by atoms with Gasteiger partial charge in [-0.1, -0.05) is 23.7 Å². The lowest BCUT2D eigenvalue weighted by Gasteiger charge is -2.33. The molecule has 1 aliphatic carbocycles. The number of nitrogens with two attached hydrogens (primary N) is 1. The second-order valence-corrected chi connectivity index (χ2v) is 5.33. The lowest BCUT2D eigenvalue weighted by atomic mass is 9.80. The highest BCUT2D eigenvalue weighted by Crippen LogP contribution is 2.41. The van der Waals surface area contributed by atoms with E-state index in [-0.39, 0.29) is 24.8 Å². The van der Waals surface area contributed by atoms with E-state index in [0.29, 0.717) is 17.9 Å². The molecule has 1 atom stereocenters. The third kappa shape index (κ3) is 3.19. The van der Waals surface area contributed by atoms with Crippen LogP contribution in [0.3, 0.4) is 0 Å². The molecule has 0 bridgehead atoms. The average Bonchev–Trinajstić information content (AvgIpc) is 2.32. The fraction of sp³-hybridized carbons (Fsp3) is 0.538. The largest absolute Gasteiger partial charge is 0.271 e. The van der Waals surface area contributed by atoms with Crippen molar-refractivity contribution < 1.29 is 8.78 Å². The summed E-state index contributed by atoms with van der Waals surface area (Å²) in [6.45, 7) is 0. The van der Waals surface area contributed by atoms with Crippen LogP contribution in [0.1, 0.15) is 37.3 Å². The van der Waals surface area contributed by atoms with Gasteiger partial charge in [0, 0.05) is 23.9 Å². The molecule has 0 spiro atoms. The maximum absolute atomic E-state index is 13.1. The summed E-state index contributed by atoms with van der Waals surface area (Å²) in [5, 5.41) is 0.633. The average molecular weight is 275 g/mol. The normalized spacial score (nSPS) is 21.8. The SMILES string of the molecule is NNC(c1cccc(Cl)c1)C1CCC(F)(F)CC1. The van der Waals surface area contributed by atoms with E-state index in [0.717, 1.165) is 5.56 Å². The Balaban J connectivity index is 2.10. The van der Waals surface area contributed by atoms with Gasteiger partial charge in [0.1, 0.15) is 0 Å². The molecular weight excluding hydrogens is 258 g/mol. The minimum atomic E-state index is -2.51. The Morgan fingerprint density at radius 1 is 1.33 bits per heavy atom. The van der Waals surface area contributed by atoms with Gasteiger partial charge in [-0.15, -0.1) is 0 Å². The third-order valence-corrected chi connectivity index (χ3v) is 3.86. The van der Waals surface area contributed by atoms with E-state index < -0.39 is 5.92 Å². The van der Waals surface area contributed by atoms with Crippen LogP contribution in [0, 0.1) is 5.92 Å². The van der Waals surface area contributed by atoms with Gasteiger partial charge in [0.25, 0.3) is 0 Å². The Bertz CT molecular complexity index is 402. The first-order valence-electron chi connectivity index (χ1n) is 6.11. The van der Waals surface area contributed by atoms with Crippen LogP contribution < -0.4 is 11.3 Å². The van der Waals surface area contributed by atoms with Crippen molar-refractivity contribution in [1.29, 1.82) is 0 Å². The summed E-state index contributed by atoms with van der Waals surface area (Å²) < 4.78 is 26.3. The number of benzene rings is 1. The third-order valence-electron chi connectivity index (χ3n) is 3.62. The number of alkyl halides is 2. The fourth-order valence-corrected chi connectivity index (χ4v) is 2.80. The zero-order valence-electron chi connectivity index (χ0n) is 10.0. The Labute approximate surface area is 110 Å². The van der Waals surface area contributed by atoms with Crippen molar-refractivity contribution in [3.8, 4) is 0 Å². The molecular formula is C13H17ClF2N2. The van der Waals surface area contributed by atoms with Crippen LogP contribution in [-0.2, 0) is 0 Å². The molecule has 5 heteroatoms. The van der Waals surface area contributed by atoms with Gasteiger partial charge < -0.3 is 0 Å². The molecule has 2 rings (SSSR count). The van der Waals surface area contributed by atoms with Crippen LogP contribution in [-0.4, -0.2) is 5.92 Å². The Hall–Kier alpha value is -0.710. The summed E-state index contributed by atoms with van der Waals surface area (Å²) in [4.78, 5) is 0. The molecule has 0 radical (unpaired) electrons. The minimum absolute atomic E-state index is 0.0591. The van der Waals surface area contributed by atoms with Crippen molar-refractivity contribution in [2.24, 2.45) is 11.8 Å². The second kappa shape index (κ2) is 5.51. The van der Waals surface area contributed by atoms with Crippen molar-refractivity contribution in [1.82, 2.24) is 5.43 Å². The highest BCUT2D eigenvalue weighted by Gasteiger charge is 2.37. The summed E-state index contributed by atoms with van der Waals surface area (Å²) in [6, 6.07) is 7.27. The van der Waals surface area contributed by atoms with Gasteiger partial charge in [-0.25, -0.2) is 8.78 Å². The van der Waals surface area contributed by atoms with E-state index in [1.807, 2.05) is 18.2 Å². The van der Waals surface area contributed by atoms with Gasteiger partial charge in [0.2, 0.25) is 5.92 Å². The van der Waals surface area contributed by atoms with Gasteiger partial charge in [-0.2, -0.15) is 0 Å². The molecule has 1 aromatic rings. The quantitative estimate of drug-likeness (QED) is 0.652. The molecule has 1 unspecified atom stereocenters. The maximum Gasteiger partial charge on any atom is 0.248 e. The highest BCUT2D eigenvalue weighted by molar-refractivity contribution is 6.30.